The molecule has 0 saturated carbocycles. The van der Waals surface area contributed by atoms with Crippen LogP contribution in [-0.2, 0) is 38.8 Å². The molecular weight excluding hydrogens is 594 g/mol. The van der Waals surface area contributed by atoms with Gasteiger partial charge in [-0.05, 0) is 53.5 Å². The molecule has 12 heteroatoms. The first kappa shape index (κ1) is 30.2. The van der Waals surface area contributed by atoms with E-state index in [4.69, 9.17) is 23.2 Å². The molecule has 0 saturated heterocycles. The van der Waals surface area contributed by atoms with Gasteiger partial charge in [0.05, 0.1) is 20.5 Å². The zero-order valence-corrected chi connectivity index (χ0v) is 24.1. The number of nitrogens with one attached hydrogen (secondary N) is 1. The topological polar surface area (TPSA) is 121 Å². The number of rotatable bonds is 8. The third kappa shape index (κ3) is 7.13. The fraction of sp³-hybridized carbons (Fsp3) is 0.207. The number of hydrogen-bond donors (Lipinski definition) is 2. The largest absolute Gasteiger partial charge is 0.480 e. The average molecular weight is 619 g/mol. The van der Waals surface area contributed by atoms with Crippen molar-refractivity contribution in [1.82, 2.24) is 10.2 Å². The number of amides is 2. The van der Waals surface area contributed by atoms with Crippen molar-refractivity contribution in [3.05, 3.63) is 104 Å². The molecule has 0 spiro atoms. The summed E-state index contributed by atoms with van der Waals surface area (Å²) in [6.45, 7) is 0.440. The summed E-state index contributed by atoms with van der Waals surface area (Å²) in [5, 5.41) is 12.2. The molecule has 8 nitrogen and oxygen atoms in total. The molecule has 0 aromatic heterocycles. The maximum absolute atomic E-state index is 13.9. The van der Waals surface area contributed by atoms with Crippen LogP contribution in [0.1, 0.15) is 32.6 Å². The Kier molecular flexibility index (Phi) is 9.16. The number of carboxylic acids is 1. The van der Waals surface area contributed by atoms with Crippen LogP contribution in [0.15, 0.2) is 65.6 Å². The van der Waals surface area contributed by atoms with E-state index in [1.165, 1.54) is 47.4 Å². The minimum atomic E-state index is -3.51. The van der Waals surface area contributed by atoms with E-state index in [0.717, 1.165) is 6.26 Å². The zero-order chi connectivity index (χ0) is 29.9. The summed E-state index contributed by atoms with van der Waals surface area (Å²) in [5.41, 5.74) is 1.82. The SMILES string of the molecule is CS(=O)(=O)c1cccc(C[C@H](NC(=O)c2c(Cl)cc3c(c2Cl)CCN(C(=O)C=Cc2ccccc2F)C3)C(=O)O)c1. The summed E-state index contributed by atoms with van der Waals surface area (Å²) < 4.78 is 37.6. The first-order valence-corrected chi connectivity index (χ1v) is 15.0. The zero-order valence-electron chi connectivity index (χ0n) is 21.7. The number of carbonyl (C=O) groups excluding carboxylic acids is 2. The van der Waals surface area contributed by atoms with Gasteiger partial charge in [-0.2, -0.15) is 0 Å². The maximum Gasteiger partial charge on any atom is 0.326 e. The number of fused-ring (bicyclic) bond motifs is 1. The second-order valence-electron chi connectivity index (χ2n) is 9.54. The van der Waals surface area contributed by atoms with Gasteiger partial charge >= 0.3 is 5.97 Å². The van der Waals surface area contributed by atoms with Crippen molar-refractivity contribution < 1.29 is 32.3 Å². The smallest absolute Gasteiger partial charge is 0.326 e. The fourth-order valence-electron chi connectivity index (χ4n) is 4.49. The second kappa shape index (κ2) is 12.4. The van der Waals surface area contributed by atoms with Crippen molar-refractivity contribution in [3.63, 3.8) is 0 Å². The van der Waals surface area contributed by atoms with Crippen molar-refractivity contribution >= 4 is 56.9 Å². The standard InChI is InChI=1S/C29H25Cl2FN2O6S/c1-41(39,40)20-7-4-5-17(13-20)14-24(29(37)38)33-28(36)26-22(30)15-19-16-34(12-11-21(19)27(26)31)25(35)10-9-18-6-2-3-8-23(18)32/h2-10,13,15,24H,11-12,14,16H2,1H3,(H,33,36)(H,37,38)/t24-/m0/s1. The highest BCUT2D eigenvalue weighted by Gasteiger charge is 2.29. The Morgan fingerprint density at radius 3 is 2.54 bits per heavy atom. The first-order chi connectivity index (χ1) is 19.3. The molecule has 1 aliphatic heterocycles. The van der Waals surface area contributed by atoms with E-state index in [9.17, 15) is 32.3 Å². The van der Waals surface area contributed by atoms with Gasteiger partial charge in [-0.1, -0.05) is 53.5 Å². The first-order valence-electron chi connectivity index (χ1n) is 12.4. The van der Waals surface area contributed by atoms with E-state index in [0.29, 0.717) is 23.1 Å². The van der Waals surface area contributed by atoms with Crippen LogP contribution in [-0.4, -0.2) is 55.1 Å². The molecular formula is C29H25Cl2FN2O6S. The Bertz CT molecular complexity index is 1680. The van der Waals surface area contributed by atoms with Gasteiger partial charge in [-0.25, -0.2) is 17.6 Å². The number of sulfone groups is 1. The van der Waals surface area contributed by atoms with Gasteiger partial charge in [-0.15, -0.1) is 0 Å². The molecule has 1 heterocycles. The van der Waals surface area contributed by atoms with Crippen molar-refractivity contribution in [1.29, 1.82) is 0 Å². The van der Waals surface area contributed by atoms with Gasteiger partial charge in [0.25, 0.3) is 5.91 Å². The highest BCUT2D eigenvalue weighted by Crippen LogP contribution is 2.35. The Morgan fingerprint density at radius 1 is 1.12 bits per heavy atom. The molecule has 3 aromatic carbocycles. The monoisotopic (exact) mass is 618 g/mol. The van der Waals surface area contributed by atoms with Crippen molar-refractivity contribution in [2.75, 3.05) is 12.8 Å². The number of carboxylic acid groups (broad SMARTS) is 1. The minimum Gasteiger partial charge on any atom is -0.480 e. The van der Waals surface area contributed by atoms with Gasteiger partial charge in [0.15, 0.2) is 9.84 Å². The Balaban J connectivity index is 1.51. The van der Waals surface area contributed by atoms with Crippen LogP contribution >= 0.6 is 23.2 Å². The molecule has 0 bridgehead atoms. The highest BCUT2D eigenvalue weighted by molar-refractivity contribution is 7.90. The third-order valence-electron chi connectivity index (χ3n) is 6.62. The number of nitrogens with zero attached hydrogens (tertiary/aromatic N) is 1. The molecule has 0 aliphatic carbocycles. The molecule has 1 atom stereocenters. The molecule has 0 fully saturated rings. The van der Waals surface area contributed by atoms with Crippen LogP contribution in [0.5, 0.6) is 0 Å². The number of aliphatic carboxylic acids is 1. The van der Waals surface area contributed by atoms with Gasteiger partial charge < -0.3 is 15.3 Å². The quantitative estimate of drug-likeness (QED) is 0.357. The van der Waals surface area contributed by atoms with E-state index in [-0.39, 0.29) is 51.5 Å². The van der Waals surface area contributed by atoms with Crippen molar-refractivity contribution in [3.8, 4) is 0 Å². The average Bonchev–Trinajstić information content (AvgIpc) is 2.91. The molecule has 4 rings (SSSR count). The molecule has 214 valence electrons. The molecule has 2 N–H and O–H groups in total. The summed E-state index contributed by atoms with van der Waals surface area (Å²) in [7, 11) is -3.51. The molecule has 3 aromatic rings. The number of halogens is 3. The van der Waals surface area contributed by atoms with Crippen molar-refractivity contribution in [2.45, 2.75) is 30.3 Å². The van der Waals surface area contributed by atoms with E-state index in [2.05, 4.69) is 5.32 Å². The van der Waals surface area contributed by atoms with E-state index in [1.807, 2.05) is 0 Å². The number of benzene rings is 3. The Morgan fingerprint density at radius 2 is 1.85 bits per heavy atom. The summed E-state index contributed by atoms with van der Waals surface area (Å²) in [6.07, 6.45) is 3.86. The lowest BCUT2D eigenvalue weighted by molar-refractivity contribution is -0.139. The molecule has 0 unspecified atom stereocenters. The van der Waals surface area contributed by atoms with E-state index >= 15 is 0 Å². The fourth-order valence-corrected chi connectivity index (χ4v) is 5.95. The van der Waals surface area contributed by atoms with E-state index in [1.54, 1.807) is 24.3 Å². The van der Waals surface area contributed by atoms with Gasteiger partial charge in [0.1, 0.15) is 11.9 Å². The molecule has 0 radical (unpaired) electrons. The van der Waals surface area contributed by atoms with Crippen LogP contribution in [0.3, 0.4) is 0 Å². The van der Waals surface area contributed by atoms with Crippen LogP contribution in [0, 0.1) is 5.82 Å². The van der Waals surface area contributed by atoms with Crippen LogP contribution < -0.4 is 5.32 Å². The number of hydrogen-bond acceptors (Lipinski definition) is 5. The van der Waals surface area contributed by atoms with Gasteiger partial charge in [0.2, 0.25) is 5.91 Å². The number of carbonyl (C=O) groups is 3. The summed E-state index contributed by atoms with van der Waals surface area (Å²) in [6, 6.07) is 12.0. The van der Waals surface area contributed by atoms with Crippen LogP contribution in [0.25, 0.3) is 6.08 Å². The predicted octanol–water partition coefficient (Wildman–Crippen LogP) is 4.56. The third-order valence-corrected chi connectivity index (χ3v) is 8.45. The predicted molar refractivity (Wildman–Crippen MR) is 153 cm³/mol. The summed E-state index contributed by atoms with van der Waals surface area (Å²) in [4.78, 5) is 39.4. The molecule has 2 amide bonds. The van der Waals surface area contributed by atoms with E-state index < -0.39 is 33.6 Å². The highest BCUT2D eigenvalue weighted by atomic mass is 35.5. The normalized spacial score (nSPS) is 14.0. The Labute approximate surface area is 246 Å². The summed E-state index contributed by atoms with van der Waals surface area (Å²) in [5.74, 6) is -2.92. The molecule has 41 heavy (non-hydrogen) atoms. The van der Waals surface area contributed by atoms with Gasteiger partial charge in [0, 0.05) is 37.4 Å². The maximum atomic E-state index is 13.9. The lowest BCUT2D eigenvalue weighted by Gasteiger charge is -2.29. The Hall–Kier alpha value is -3.73. The van der Waals surface area contributed by atoms with Gasteiger partial charge in [-0.3, -0.25) is 9.59 Å². The minimum absolute atomic E-state index is 0.0225. The molecule has 1 aliphatic rings. The second-order valence-corrected chi connectivity index (χ2v) is 12.3. The lowest BCUT2D eigenvalue weighted by Crippen LogP contribution is -2.42. The van der Waals surface area contributed by atoms with Crippen LogP contribution in [0.4, 0.5) is 4.39 Å². The van der Waals surface area contributed by atoms with Crippen LogP contribution in [0.2, 0.25) is 10.0 Å². The lowest BCUT2D eigenvalue weighted by atomic mass is 9.96. The van der Waals surface area contributed by atoms with Crippen molar-refractivity contribution in [2.24, 2.45) is 0 Å². The summed E-state index contributed by atoms with van der Waals surface area (Å²) >= 11 is 13.0.